The second-order valence-corrected chi connectivity index (χ2v) is 5.88. The molecule has 3 aromatic carbocycles. The second kappa shape index (κ2) is 5.69. The molecular weight excluding hydrogens is 300 g/mol. The van der Waals surface area contributed by atoms with E-state index in [0.717, 1.165) is 28.0 Å². The van der Waals surface area contributed by atoms with Gasteiger partial charge in [0.2, 0.25) is 0 Å². The van der Waals surface area contributed by atoms with Gasteiger partial charge in [-0.25, -0.2) is 0 Å². The van der Waals surface area contributed by atoms with Crippen molar-refractivity contribution < 1.29 is 14.6 Å². The molecule has 1 aliphatic rings. The van der Waals surface area contributed by atoms with Gasteiger partial charge in [-0.15, -0.1) is 0 Å². The largest absolute Gasteiger partial charge is 0.497 e. The summed E-state index contributed by atoms with van der Waals surface area (Å²) in [4.78, 5) is 0. The molecule has 0 radical (unpaired) electrons. The van der Waals surface area contributed by atoms with Crippen molar-refractivity contribution in [2.75, 3.05) is 7.11 Å². The third-order valence-corrected chi connectivity index (χ3v) is 4.57. The normalized spacial score (nSPS) is 18.8. The predicted molar refractivity (Wildman–Crippen MR) is 92.3 cm³/mol. The summed E-state index contributed by atoms with van der Waals surface area (Å²) in [5.41, 5.74) is 2.09. The minimum absolute atomic E-state index is 0.436. The number of fused-ring (bicyclic) bond motifs is 2. The Labute approximate surface area is 141 Å². The molecule has 120 valence electrons. The maximum atomic E-state index is 11.9. The van der Waals surface area contributed by atoms with Gasteiger partial charge in [-0.3, -0.25) is 0 Å². The minimum atomic E-state index is -1.27. The fourth-order valence-corrected chi connectivity index (χ4v) is 3.33. The Bertz CT molecular complexity index is 821. The Morgan fingerprint density at radius 1 is 0.875 bits per heavy atom. The molecule has 0 saturated heterocycles. The van der Waals surface area contributed by atoms with Crippen molar-refractivity contribution in [1.82, 2.24) is 0 Å². The smallest absolute Gasteiger partial charge is 0.144 e. The lowest BCUT2D eigenvalue weighted by molar-refractivity contribution is 0.124. The highest BCUT2D eigenvalue weighted by Gasteiger charge is 2.39. The van der Waals surface area contributed by atoms with E-state index < -0.39 is 5.60 Å². The molecular formula is C21H18O3. The van der Waals surface area contributed by atoms with Crippen LogP contribution in [0.2, 0.25) is 0 Å². The fourth-order valence-electron chi connectivity index (χ4n) is 3.33. The van der Waals surface area contributed by atoms with Crippen LogP contribution in [0.4, 0.5) is 0 Å². The van der Waals surface area contributed by atoms with Crippen molar-refractivity contribution in [3.63, 3.8) is 0 Å². The van der Waals surface area contributed by atoms with Gasteiger partial charge in [0.05, 0.1) is 7.11 Å². The van der Waals surface area contributed by atoms with E-state index in [4.69, 9.17) is 9.47 Å². The summed E-state index contributed by atoms with van der Waals surface area (Å²) in [5, 5.41) is 11.9. The number of benzene rings is 3. The molecule has 0 saturated carbocycles. The van der Waals surface area contributed by atoms with Crippen LogP contribution >= 0.6 is 0 Å². The zero-order valence-corrected chi connectivity index (χ0v) is 13.4. The Kier molecular flexibility index (Phi) is 3.51. The number of methoxy groups -OCH3 is 1. The Hall–Kier alpha value is -2.78. The highest BCUT2D eigenvalue weighted by Crippen LogP contribution is 2.44. The summed E-state index contributed by atoms with van der Waals surface area (Å²) < 4.78 is 11.2. The Balaban J connectivity index is 2.00. The van der Waals surface area contributed by atoms with Crippen LogP contribution in [0.3, 0.4) is 0 Å². The first kappa shape index (κ1) is 14.8. The van der Waals surface area contributed by atoms with Crippen molar-refractivity contribution >= 4 is 0 Å². The molecule has 3 heteroatoms. The van der Waals surface area contributed by atoms with E-state index in [-0.39, 0.29) is 0 Å². The molecule has 3 nitrogen and oxygen atoms in total. The minimum Gasteiger partial charge on any atom is -0.497 e. The summed E-state index contributed by atoms with van der Waals surface area (Å²) in [7, 11) is 1.63. The molecule has 0 aromatic heterocycles. The molecule has 0 amide bonds. The van der Waals surface area contributed by atoms with Gasteiger partial charge in [0.25, 0.3) is 0 Å². The molecule has 24 heavy (non-hydrogen) atoms. The number of rotatable bonds is 2. The van der Waals surface area contributed by atoms with Crippen LogP contribution in [-0.2, 0) is 12.2 Å². The Morgan fingerprint density at radius 2 is 1.54 bits per heavy atom. The monoisotopic (exact) mass is 318 g/mol. The maximum absolute atomic E-state index is 11.9. The van der Waals surface area contributed by atoms with Crippen LogP contribution in [0, 0.1) is 0 Å². The van der Waals surface area contributed by atoms with Crippen molar-refractivity contribution in [2.24, 2.45) is 0 Å². The van der Waals surface area contributed by atoms with Crippen molar-refractivity contribution in [1.29, 1.82) is 0 Å². The van der Waals surface area contributed by atoms with Crippen molar-refractivity contribution in [3.8, 4) is 11.5 Å². The lowest BCUT2D eigenvalue weighted by Gasteiger charge is -2.30. The molecule has 1 atom stereocenters. The molecule has 0 aliphatic carbocycles. The van der Waals surface area contributed by atoms with E-state index in [1.54, 1.807) is 7.11 Å². The van der Waals surface area contributed by atoms with Gasteiger partial charge in [-0.05, 0) is 34.9 Å². The summed E-state index contributed by atoms with van der Waals surface area (Å²) >= 11 is 0. The molecule has 1 unspecified atom stereocenters. The Morgan fingerprint density at radius 3 is 2.29 bits per heavy atom. The highest BCUT2D eigenvalue weighted by atomic mass is 16.5. The lowest BCUT2D eigenvalue weighted by Crippen LogP contribution is -2.29. The molecule has 1 N–H and O–H groups in total. The highest BCUT2D eigenvalue weighted by molar-refractivity contribution is 5.56. The number of para-hydroxylation sites is 1. The van der Waals surface area contributed by atoms with Gasteiger partial charge >= 0.3 is 0 Å². The number of aliphatic hydroxyl groups is 1. The average Bonchev–Trinajstić information content (AvgIpc) is 2.78. The first-order chi connectivity index (χ1) is 11.7. The zero-order valence-electron chi connectivity index (χ0n) is 13.4. The molecule has 0 bridgehead atoms. The second-order valence-electron chi connectivity index (χ2n) is 5.88. The third kappa shape index (κ3) is 2.17. The molecule has 1 aliphatic heterocycles. The van der Waals surface area contributed by atoms with Crippen LogP contribution in [0.5, 0.6) is 11.5 Å². The summed E-state index contributed by atoms with van der Waals surface area (Å²) in [6.07, 6.45) is 0. The quantitative estimate of drug-likeness (QED) is 0.779. The summed E-state index contributed by atoms with van der Waals surface area (Å²) in [5.74, 6) is 1.46. The lowest BCUT2D eigenvalue weighted by atomic mass is 9.78. The van der Waals surface area contributed by atoms with Crippen LogP contribution < -0.4 is 9.47 Å². The SMILES string of the molecule is COc1ccc(C2(O)c3ccccc3COc3ccccc32)cc1. The summed E-state index contributed by atoms with van der Waals surface area (Å²) in [6, 6.07) is 23.1. The van der Waals surface area contributed by atoms with Gasteiger partial charge in [0, 0.05) is 5.56 Å². The van der Waals surface area contributed by atoms with Crippen LogP contribution in [0.15, 0.2) is 72.8 Å². The topological polar surface area (TPSA) is 38.7 Å². The molecule has 1 heterocycles. The van der Waals surface area contributed by atoms with E-state index in [0.29, 0.717) is 12.4 Å². The maximum Gasteiger partial charge on any atom is 0.144 e. The van der Waals surface area contributed by atoms with E-state index in [9.17, 15) is 5.11 Å². The average molecular weight is 318 g/mol. The first-order valence-electron chi connectivity index (χ1n) is 7.91. The third-order valence-electron chi connectivity index (χ3n) is 4.57. The predicted octanol–water partition coefficient (Wildman–Crippen LogP) is 3.87. The van der Waals surface area contributed by atoms with Crippen LogP contribution in [0.25, 0.3) is 0 Å². The van der Waals surface area contributed by atoms with E-state index in [1.807, 2.05) is 72.8 Å². The fraction of sp³-hybridized carbons (Fsp3) is 0.143. The van der Waals surface area contributed by atoms with E-state index in [2.05, 4.69) is 0 Å². The van der Waals surface area contributed by atoms with Gasteiger partial charge in [0.15, 0.2) is 0 Å². The van der Waals surface area contributed by atoms with E-state index in [1.165, 1.54) is 0 Å². The summed E-state index contributed by atoms with van der Waals surface area (Å²) in [6.45, 7) is 0.436. The van der Waals surface area contributed by atoms with Crippen LogP contribution in [-0.4, -0.2) is 12.2 Å². The van der Waals surface area contributed by atoms with Crippen molar-refractivity contribution in [2.45, 2.75) is 12.2 Å². The number of ether oxygens (including phenoxy) is 2. The molecule has 0 spiro atoms. The van der Waals surface area contributed by atoms with Crippen molar-refractivity contribution in [3.05, 3.63) is 95.1 Å². The van der Waals surface area contributed by atoms with Crippen LogP contribution in [0.1, 0.15) is 22.3 Å². The number of hydrogen-bond donors (Lipinski definition) is 1. The van der Waals surface area contributed by atoms with Gasteiger partial charge in [0.1, 0.15) is 23.7 Å². The standard InChI is InChI=1S/C21H18O3/c1-23-17-12-10-16(11-13-17)21(22)18-7-3-2-6-15(18)14-24-20-9-5-4-8-19(20)21/h2-13,22H,14H2,1H3. The first-order valence-corrected chi connectivity index (χ1v) is 7.91. The number of hydrogen-bond acceptors (Lipinski definition) is 3. The van der Waals surface area contributed by atoms with E-state index >= 15 is 0 Å². The van der Waals surface area contributed by atoms with Gasteiger partial charge in [-0.2, -0.15) is 0 Å². The van der Waals surface area contributed by atoms with Gasteiger partial charge < -0.3 is 14.6 Å². The molecule has 3 aromatic rings. The molecule has 4 rings (SSSR count). The zero-order chi connectivity index (χ0) is 16.6. The molecule has 0 fully saturated rings. The van der Waals surface area contributed by atoms with Gasteiger partial charge in [-0.1, -0.05) is 54.6 Å².